The van der Waals surface area contributed by atoms with Crippen molar-refractivity contribution < 1.29 is 34.3 Å². The van der Waals surface area contributed by atoms with Crippen molar-refractivity contribution in [2.75, 3.05) is 6.61 Å². The zero-order valence-corrected chi connectivity index (χ0v) is 21.2. The lowest BCUT2D eigenvalue weighted by Crippen LogP contribution is -2.56. The number of carbonyl (C=O) groups is 1. The summed E-state index contributed by atoms with van der Waals surface area (Å²) in [7, 11) is 0. The Morgan fingerprint density at radius 2 is 1.94 bits per heavy atom. The first-order valence-corrected chi connectivity index (χ1v) is 12.3. The minimum Gasteiger partial charge on any atom is -0.504 e. The quantitative estimate of drug-likeness (QED) is 0.394. The van der Waals surface area contributed by atoms with Gasteiger partial charge in [0, 0.05) is 12.5 Å². The van der Waals surface area contributed by atoms with Crippen molar-refractivity contribution in [3.8, 4) is 11.5 Å². The van der Waals surface area contributed by atoms with Gasteiger partial charge in [-0.05, 0) is 75.3 Å². The number of fused-ring (bicyclic) bond motifs is 1. The van der Waals surface area contributed by atoms with Gasteiger partial charge in [-0.1, -0.05) is 31.6 Å². The molecule has 1 saturated heterocycles. The van der Waals surface area contributed by atoms with Crippen molar-refractivity contribution in [1.82, 2.24) is 0 Å². The van der Waals surface area contributed by atoms with Gasteiger partial charge in [0.1, 0.15) is 12.2 Å². The standard InChI is InChI=1S/C27H40O7/c1-14(2)8-7-9-15(3)19-11-10-16(4)22-20(19)12-17(5)26(24(22)30)34-27-25(31)23(29)21(13-32-27)33-18(6)28/h8,12,15-16,19,21,23,25,27,29-31H,7,9-11,13H2,1-6H3/t15-,16-,19+,21+,23+,25+,27-/m0/s1. The average Bonchev–Trinajstić information content (AvgIpc) is 2.75. The number of aryl methyl sites for hydroxylation is 1. The van der Waals surface area contributed by atoms with Crippen molar-refractivity contribution in [3.05, 3.63) is 34.4 Å². The van der Waals surface area contributed by atoms with Crippen LogP contribution in [0.2, 0.25) is 0 Å². The summed E-state index contributed by atoms with van der Waals surface area (Å²) >= 11 is 0. The second-order valence-corrected chi connectivity index (χ2v) is 10.2. The maximum Gasteiger partial charge on any atom is 0.303 e. The van der Waals surface area contributed by atoms with Gasteiger partial charge in [0.25, 0.3) is 0 Å². The number of benzene rings is 1. The van der Waals surface area contributed by atoms with Gasteiger partial charge in [-0.2, -0.15) is 0 Å². The minimum atomic E-state index is -1.44. The number of esters is 1. The van der Waals surface area contributed by atoms with Crippen LogP contribution in [0.15, 0.2) is 17.7 Å². The topological polar surface area (TPSA) is 105 Å². The van der Waals surface area contributed by atoms with Crippen molar-refractivity contribution in [1.29, 1.82) is 0 Å². The summed E-state index contributed by atoms with van der Waals surface area (Å²) in [4.78, 5) is 11.2. The molecule has 1 aliphatic heterocycles. The van der Waals surface area contributed by atoms with E-state index in [4.69, 9.17) is 14.2 Å². The molecule has 1 aliphatic carbocycles. The predicted molar refractivity (Wildman–Crippen MR) is 129 cm³/mol. The number of phenols is 1. The normalized spacial score (nSPS) is 29.6. The number of aromatic hydroxyl groups is 1. The van der Waals surface area contributed by atoms with Crippen molar-refractivity contribution >= 4 is 5.97 Å². The van der Waals surface area contributed by atoms with Crippen LogP contribution in [0, 0.1) is 12.8 Å². The van der Waals surface area contributed by atoms with Crippen LogP contribution in [0.5, 0.6) is 11.5 Å². The summed E-state index contributed by atoms with van der Waals surface area (Å²) in [5.74, 6) is 0.778. The second-order valence-electron chi connectivity index (χ2n) is 10.2. The Bertz CT molecular complexity index is 905. The highest BCUT2D eigenvalue weighted by Gasteiger charge is 2.42. The molecular weight excluding hydrogens is 436 g/mol. The van der Waals surface area contributed by atoms with Crippen molar-refractivity contribution in [2.24, 2.45) is 5.92 Å². The van der Waals surface area contributed by atoms with Crippen LogP contribution in [-0.2, 0) is 14.3 Å². The Kier molecular flexibility index (Phi) is 8.66. The molecule has 0 spiro atoms. The van der Waals surface area contributed by atoms with E-state index in [1.807, 2.05) is 6.92 Å². The van der Waals surface area contributed by atoms with E-state index >= 15 is 0 Å². The Hall–Kier alpha value is -2.09. The molecule has 1 fully saturated rings. The molecule has 0 radical (unpaired) electrons. The van der Waals surface area contributed by atoms with Crippen LogP contribution in [0.1, 0.15) is 88.8 Å². The maximum atomic E-state index is 11.3. The minimum absolute atomic E-state index is 0.0797. The summed E-state index contributed by atoms with van der Waals surface area (Å²) in [5.41, 5.74) is 4.15. The van der Waals surface area contributed by atoms with Crippen LogP contribution in [0.25, 0.3) is 0 Å². The third-order valence-electron chi connectivity index (χ3n) is 7.16. The molecule has 0 saturated carbocycles. The molecule has 7 nitrogen and oxygen atoms in total. The summed E-state index contributed by atoms with van der Waals surface area (Å²) in [6.07, 6.45) is 1.51. The Labute approximate surface area is 202 Å². The van der Waals surface area contributed by atoms with Crippen molar-refractivity contribution in [3.63, 3.8) is 0 Å². The van der Waals surface area contributed by atoms with Crippen LogP contribution in [0.3, 0.4) is 0 Å². The molecule has 3 N–H and O–H groups in total. The molecule has 0 amide bonds. The van der Waals surface area contributed by atoms with Crippen LogP contribution in [0.4, 0.5) is 0 Å². The number of allylic oxidation sites excluding steroid dienone is 2. The lowest BCUT2D eigenvalue weighted by atomic mass is 9.70. The molecule has 3 rings (SSSR count). The van der Waals surface area contributed by atoms with Gasteiger partial charge in [0.2, 0.25) is 6.29 Å². The zero-order valence-electron chi connectivity index (χ0n) is 21.2. The first kappa shape index (κ1) is 26.5. The summed E-state index contributed by atoms with van der Waals surface area (Å²) in [5, 5.41) is 32.2. The Morgan fingerprint density at radius 3 is 2.59 bits per heavy atom. The number of hydrogen-bond acceptors (Lipinski definition) is 7. The van der Waals surface area contributed by atoms with Gasteiger partial charge in [0.05, 0.1) is 6.61 Å². The number of rotatable bonds is 7. The first-order valence-electron chi connectivity index (χ1n) is 12.3. The second kappa shape index (κ2) is 11.1. The predicted octanol–water partition coefficient (Wildman–Crippen LogP) is 4.45. The highest BCUT2D eigenvalue weighted by molar-refractivity contribution is 5.66. The first-order chi connectivity index (χ1) is 16.0. The zero-order chi connectivity index (χ0) is 25.2. The molecule has 0 aromatic heterocycles. The Balaban J connectivity index is 1.83. The van der Waals surface area contributed by atoms with Crippen LogP contribution >= 0.6 is 0 Å². The number of phenolic OH excluding ortho intramolecular Hbond substituents is 1. The van der Waals surface area contributed by atoms with E-state index in [9.17, 15) is 20.1 Å². The molecule has 0 unspecified atom stereocenters. The smallest absolute Gasteiger partial charge is 0.303 e. The molecule has 7 atom stereocenters. The van der Waals surface area contributed by atoms with Gasteiger partial charge in [-0.3, -0.25) is 4.79 Å². The molecule has 1 heterocycles. The molecule has 1 aromatic rings. The number of carbonyl (C=O) groups excluding carboxylic acids is 1. The summed E-state index contributed by atoms with van der Waals surface area (Å²) in [6.45, 7) is 11.6. The fourth-order valence-corrected chi connectivity index (χ4v) is 5.26. The molecule has 34 heavy (non-hydrogen) atoms. The van der Waals surface area contributed by atoms with E-state index < -0.39 is 30.6 Å². The van der Waals surface area contributed by atoms with Crippen LogP contribution in [-0.4, -0.2) is 52.5 Å². The van der Waals surface area contributed by atoms with Gasteiger partial charge in [0.15, 0.2) is 17.6 Å². The van der Waals surface area contributed by atoms with Gasteiger partial charge in [-0.25, -0.2) is 0 Å². The maximum absolute atomic E-state index is 11.3. The van der Waals surface area contributed by atoms with Crippen LogP contribution < -0.4 is 4.74 Å². The molecule has 190 valence electrons. The Morgan fingerprint density at radius 1 is 1.24 bits per heavy atom. The fourth-order valence-electron chi connectivity index (χ4n) is 5.26. The summed E-state index contributed by atoms with van der Waals surface area (Å²) < 4.78 is 16.5. The van der Waals surface area contributed by atoms with E-state index in [0.717, 1.165) is 36.8 Å². The van der Waals surface area contributed by atoms with Crippen molar-refractivity contribution in [2.45, 2.75) is 104 Å². The highest BCUT2D eigenvalue weighted by atomic mass is 16.7. The fraction of sp³-hybridized carbons (Fsp3) is 0.667. The summed E-state index contributed by atoms with van der Waals surface area (Å²) in [6, 6.07) is 2.09. The van der Waals surface area contributed by atoms with E-state index in [-0.39, 0.29) is 24.0 Å². The van der Waals surface area contributed by atoms with Gasteiger partial charge < -0.3 is 29.5 Å². The van der Waals surface area contributed by atoms with E-state index in [2.05, 4.69) is 39.8 Å². The molecule has 2 aliphatic rings. The number of hydrogen-bond donors (Lipinski definition) is 3. The molecule has 0 bridgehead atoms. The SMILES string of the molecule is CC(=O)O[C@@H]1CO[C@@H](Oc2c(C)cc3c(c2O)[C@@H](C)CC[C@@H]3[C@@H](C)CCC=C(C)C)[C@H](O)[C@@H]1O. The number of ether oxygens (including phenoxy) is 3. The third-order valence-corrected chi connectivity index (χ3v) is 7.16. The van der Waals surface area contributed by atoms with E-state index in [1.54, 1.807) is 0 Å². The third kappa shape index (κ3) is 5.75. The average molecular weight is 477 g/mol. The molecule has 7 heteroatoms. The van der Waals surface area contributed by atoms with Gasteiger partial charge >= 0.3 is 5.97 Å². The van der Waals surface area contributed by atoms with Gasteiger partial charge in [-0.15, -0.1) is 0 Å². The molecule has 1 aromatic carbocycles. The number of aliphatic hydroxyl groups excluding tert-OH is 2. The van der Waals surface area contributed by atoms with E-state index in [1.165, 1.54) is 18.1 Å². The molecular formula is C27H40O7. The van der Waals surface area contributed by atoms with E-state index in [0.29, 0.717) is 11.8 Å². The highest BCUT2D eigenvalue weighted by Crippen LogP contribution is 2.51. The lowest BCUT2D eigenvalue weighted by molar-refractivity contribution is -0.248. The largest absolute Gasteiger partial charge is 0.504 e. The monoisotopic (exact) mass is 476 g/mol. The number of aliphatic hydroxyl groups is 2. The lowest BCUT2D eigenvalue weighted by Gasteiger charge is -2.38.